The Morgan fingerprint density at radius 3 is 2.63 bits per heavy atom. The Bertz CT molecular complexity index is 945. The lowest BCUT2D eigenvalue weighted by Crippen LogP contribution is -2.31. The fourth-order valence-corrected chi connectivity index (χ4v) is 3.75. The summed E-state index contributed by atoms with van der Waals surface area (Å²) in [4.78, 5) is 26.0. The van der Waals surface area contributed by atoms with E-state index in [0.717, 1.165) is 42.7 Å². The molecule has 1 aliphatic rings. The van der Waals surface area contributed by atoms with E-state index in [1.165, 1.54) is 12.7 Å². The van der Waals surface area contributed by atoms with Crippen LogP contribution in [0.5, 0.6) is 0 Å². The van der Waals surface area contributed by atoms with Gasteiger partial charge in [0.2, 0.25) is 5.71 Å². The minimum Gasteiger partial charge on any atom is -0.442 e. The Morgan fingerprint density at radius 1 is 1.15 bits per heavy atom. The number of nitrogens with zero attached hydrogens (tertiary/aromatic N) is 4. The molecular formula is C21H24N4O2. The first-order chi connectivity index (χ1) is 13.1. The summed E-state index contributed by atoms with van der Waals surface area (Å²) >= 11 is 0. The van der Waals surface area contributed by atoms with E-state index in [-0.39, 0.29) is 5.91 Å². The summed E-state index contributed by atoms with van der Waals surface area (Å²) in [5, 5.41) is 0.738. The van der Waals surface area contributed by atoms with E-state index in [1.54, 1.807) is 4.90 Å². The fourth-order valence-electron chi connectivity index (χ4n) is 3.75. The van der Waals surface area contributed by atoms with Gasteiger partial charge in [0.25, 0.3) is 5.91 Å². The molecule has 0 aliphatic carbocycles. The van der Waals surface area contributed by atoms with Crippen LogP contribution in [-0.4, -0.2) is 40.9 Å². The van der Waals surface area contributed by atoms with Gasteiger partial charge in [-0.1, -0.05) is 30.3 Å². The van der Waals surface area contributed by atoms with Crippen LogP contribution < -0.4 is 4.90 Å². The predicted octanol–water partition coefficient (Wildman–Crippen LogP) is 3.79. The molecule has 1 fully saturated rings. The van der Waals surface area contributed by atoms with Gasteiger partial charge in [-0.05, 0) is 31.7 Å². The number of aromatic nitrogens is 2. The summed E-state index contributed by atoms with van der Waals surface area (Å²) < 4.78 is 5.83. The lowest BCUT2D eigenvalue weighted by molar-refractivity contribution is 0.0785. The number of piperidine rings is 1. The van der Waals surface area contributed by atoms with Crippen molar-refractivity contribution in [2.45, 2.75) is 32.7 Å². The maximum atomic E-state index is 13.3. The first-order valence-corrected chi connectivity index (χ1v) is 9.43. The highest BCUT2D eigenvalue weighted by molar-refractivity contribution is 6.10. The van der Waals surface area contributed by atoms with Crippen LogP contribution in [0, 0.1) is 6.92 Å². The van der Waals surface area contributed by atoms with Gasteiger partial charge >= 0.3 is 0 Å². The summed E-state index contributed by atoms with van der Waals surface area (Å²) in [6.07, 6.45) is 5.04. The first-order valence-electron chi connectivity index (χ1n) is 9.43. The largest absolute Gasteiger partial charge is 0.442 e. The third kappa shape index (κ3) is 3.39. The third-order valence-electron chi connectivity index (χ3n) is 5.12. The van der Waals surface area contributed by atoms with Crippen LogP contribution in [0.2, 0.25) is 0 Å². The van der Waals surface area contributed by atoms with Crippen molar-refractivity contribution < 1.29 is 9.21 Å². The number of aryl methyl sites for hydroxylation is 1. The molecule has 0 bridgehead atoms. The Balaban J connectivity index is 1.72. The average Bonchev–Trinajstić information content (AvgIpc) is 3.04. The van der Waals surface area contributed by atoms with Crippen LogP contribution in [0.25, 0.3) is 11.1 Å². The zero-order valence-corrected chi connectivity index (χ0v) is 15.8. The summed E-state index contributed by atoms with van der Waals surface area (Å²) in [6, 6.07) is 9.98. The minimum absolute atomic E-state index is 0.0665. The van der Waals surface area contributed by atoms with Crippen LogP contribution in [0.15, 0.2) is 41.1 Å². The quantitative estimate of drug-likeness (QED) is 0.705. The Kier molecular flexibility index (Phi) is 4.79. The SMILES string of the molecule is Cc1oc2ncnc(N3CCCCC3)c2c1C(=O)N(C)Cc1ccccc1. The molecule has 0 atom stereocenters. The van der Waals surface area contributed by atoms with E-state index < -0.39 is 0 Å². The molecule has 1 aliphatic heterocycles. The number of rotatable bonds is 4. The number of anilines is 1. The number of carbonyl (C=O) groups excluding carboxylic acids is 1. The summed E-state index contributed by atoms with van der Waals surface area (Å²) in [6.45, 7) is 4.26. The van der Waals surface area contributed by atoms with Crippen molar-refractivity contribution in [1.29, 1.82) is 0 Å². The van der Waals surface area contributed by atoms with E-state index in [0.29, 0.717) is 23.6 Å². The molecule has 3 heterocycles. The van der Waals surface area contributed by atoms with Crippen LogP contribution in [-0.2, 0) is 6.54 Å². The van der Waals surface area contributed by atoms with Crippen molar-refractivity contribution in [3.05, 3.63) is 53.5 Å². The highest BCUT2D eigenvalue weighted by Gasteiger charge is 2.27. The molecular weight excluding hydrogens is 340 g/mol. The van der Waals surface area contributed by atoms with Gasteiger partial charge in [-0.2, -0.15) is 0 Å². The van der Waals surface area contributed by atoms with Gasteiger partial charge in [0.15, 0.2) is 0 Å². The molecule has 0 N–H and O–H groups in total. The molecule has 140 valence electrons. The lowest BCUT2D eigenvalue weighted by atomic mass is 10.1. The molecule has 0 saturated carbocycles. The van der Waals surface area contributed by atoms with Gasteiger partial charge in [-0.15, -0.1) is 0 Å². The molecule has 1 saturated heterocycles. The van der Waals surface area contributed by atoms with Crippen LogP contribution >= 0.6 is 0 Å². The fraction of sp³-hybridized carbons (Fsp3) is 0.381. The molecule has 4 rings (SSSR count). The Morgan fingerprint density at radius 2 is 1.89 bits per heavy atom. The minimum atomic E-state index is -0.0665. The Labute approximate surface area is 158 Å². The van der Waals surface area contributed by atoms with Crippen LogP contribution in [0.3, 0.4) is 0 Å². The predicted molar refractivity (Wildman–Crippen MR) is 105 cm³/mol. The molecule has 27 heavy (non-hydrogen) atoms. The van der Waals surface area contributed by atoms with Gasteiger partial charge < -0.3 is 14.2 Å². The first kappa shape index (κ1) is 17.5. The Hall–Kier alpha value is -2.89. The van der Waals surface area contributed by atoms with Crippen LogP contribution in [0.1, 0.15) is 40.9 Å². The second kappa shape index (κ2) is 7.39. The normalized spacial score (nSPS) is 14.5. The van der Waals surface area contributed by atoms with E-state index in [2.05, 4.69) is 14.9 Å². The maximum absolute atomic E-state index is 13.3. The molecule has 0 spiro atoms. The van der Waals surface area contributed by atoms with E-state index in [1.807, 2.05) is 44.3 Å². The van der Waals surface area contributed by atoms with E-state index >= 15 is 0 Å². The van der Waals surface area contributed by atoms with Crippen molar-refractivity contribution in [3.63, 3.8) is 0 Å². The molecule has 3 aromatic rings. The van der Waals surface area contributed by atoms with Crippen molar-refractivity contribution in [2.75, 3.05) is 25.0 Å². The summed E-state index contributed by atoms with van der Waals surface area (Å²) in [7, 11) is 1.82. The maximum Gasteiger partial charge on any atom is 0.258 e. The third-order valence-corrected chi connectivity index (χ3v) is 5.12. The molecule has 1 aromatic carbocycles. The molecule has 0 radical (unpaired) electrons. The smallest absolute Gasteiger partial charge is 0.258 e. The number of furan rings is 1. The molecule has 6 heteroatoms. The number of hydrogen-bond donors (Lipinski definition) is 0. The summed E-state index contributed by atoms with van der Waals surface area (Å²) in [5.41, 5.74) is 2.15. The van der Waals surface area contributed by atoms with Gasteiger partial charge in [-0.3, -0.25) is 4.79 Å². The molecule has 1 amide bonds. The van der Waals surface area contributed by atoms with E-state index in [9.17, 15) is 4.79 Å². The van der Waals surface area contributed by atoms with Gasteiger partial charge in [-0.25, -0.2) is 9.97 Å². The standard InChI is InChI=1S/C21H24N4O2/c1-15-17(21(26)24(2)13-16-9-5-3-6-10-16)18-19(22-14-23-20(18)27-15)25-11-7-4-8-12-25/h3,5-6,9-10,14H,4,7-8,11-13H2,1-2H3. The van der Waals surface area contributed by atoms with Crippen molar-refractivity contribution >= 4 is 22.8 Å². The lowest BCUT2D eigenvalue weighted by Gasteiger charge is -2.28. The highest BCUT2D eigenvalue weighted by Crippen LogP contribution is 2.33. The monoisotopic (exact) mass is 364 g/mol. The van der Waals surface area contributed by atoms with E-state index in [4.69, 9.17) is 4.42 Å². The number of amides is 1. The number of fused-ring (bicyclic) bond motifs is 1. The zero-order valence-electron chi connectivity index (χ0n) is 15.8. The van der Waals surface area contributed by atoms with Crippen molar-refractivity contribution in [1.82, 2.24) is 14.9 Å². The second-order valence-electron chi connectivity index (χ2n) is 7.11. The highest BCUT2D eigenvalue weighted by atomic mass is 16.3. The summed E-state index contributed by atoms with van der Waals surface area (Å²) in [5.74, 6) is 1.34. The van der Waals surface area contributed by atoms with Gasteiger partial charge in [0.05, 0.1) is 10.9 Å². The number of carbonyl (C=O) groups is 1. The average molecular weight is 364 g/mol. The number of hydrogen-bond acceptors (Lipinski definition) is 5. The van der Waals surface area contributed by atoms with Gasteiger partial charge in [0, 0.05) is 26.7 Å². The second-order valence-corrected chi connectivity index (χ2v) is 7.11. The zero-order chi connectivity index (χ0) is 18.8. The topological polar surface area (TPSA) is 62.5 Å². The number of benzene rings is 1. The van der Waals surface area contributed by atoms with Crippen molar-refractivity contribution in [3.8, 4) is 0 Å². The molecule has 6 nitrogen and oxygen atoms in total. The van der Waals surface area contributed by atoms with Gasteiger partial charge in [0.1, 0.15) is 17.9 Å². The van der Waals surface area contributed by atoms with Crippen LogP contribution in [0.4, 0.5) is 5.82 Å². The molecule has 2 aromatic heterocycles. The van der Waals surface area contributed by atoms with Crippen molar-refractivity contribution in [2.24, 2.45) is 0 Å². The molecule has 0 unspecified atom stereocenters.